The number of anilines is 1. The Morgan fingerprint density at radius 1 is 1.00 bits per heavy atom. The van der Waals surface area contributed by atoms with Crippen molar-refractivity contribution < 1.29 is 4.74 Å². The highest BCUT2D eigenvalue weighted by Crippen LogP contribution is 2.17. The molecule has 0 spiro atoms. The molecule has 0 fully saturated rings. The minimum atomic E-state index is 0.562. The van der Waals surface area contributed by atoms with Crippen molar-refractivity contribution in [1.29, 1.82) is 0 Å². The van der Waals surface area contributed by atoms with Gasteiger partial charge in [0.15, 0.2) is 6.21 Å². The van der Waals surface area contributed by atoms with Crippen molar-refractivity contribution in [2.24, 2.45) is 0 Å². The molecule has 0 N–H and O–H groups in total. The Balaban J connectivity index is 2.18. The third kappa shape index (κ3) is 3.99. The molecule has 0 heterocycles. The van der Waals surface area contributed by atoms with Crippen LogP contribution >= 0.6 is 11.6 Å². The average molecular weight is 303 g/mol. The van der Waals surface area contributed by atoms with Crippen LogP contribution in [0.4, 0.5) is 11.4 Å². The highest BCUT2D eigenvalue weighted by atomic mass is 35.5. The second-order valence-corrected chi connectivity index (χ2v) is 5.13. The molecule has 0 aliphatic heterocycles. The van der Waals surface area contributed by atoms with Crippen molar-refractivity contribution in [3.63, 3.8) is 0 Å². The van der Waals surface area contributed by atoms with Gasteiger partial charge in [-0.1, -0.05) is 11.6 Å². The largest absolute Gasteiger partial charge is 0.618 e. The van der Waals surface area contributed by atoms with Crippen LogP contribution in [0, 0.1) is 5.21 Å². The Bertz CT molecular complexity index is 602. The first-order valence-electron chi connectivity index (χ1n) is 7.06. The van der Waals surface area contributed by atoms with Crippen LogP contribution in [0.1, 0.15) is 19.4 Å². The van der Waals surface area contributed by atoms with Crippen LogP contribution < -0.4 is 4.90 Å². The fraction of sp³-hybridized carbons (Fsp3) is 0.235. The van der Waals surface area contributed by atoms with Crippen LogP contribution in [-0.2, 0) is 0 Å². The second kappa shape index (κ2) is 7.14. The van der Waals surface area contributed by atoms with E-state index in [0.29, 0.717) is 10.7 Å². The van der Waals surface area contributed by atoms with Crippen molar-refractivity contribution in [2.45, 2.75) is 13.8 Å². The summed E-state index contributed by atoms with van der Waals surface area (Å²) in [5.74, 6) is 0. The predicted octanol–water partition coefficient (Wildman–Crippen LogP) is 4.45. The maximum atomic E-state index is 12.1. The van der Waals surface area contributed by atoms with E-state index < -0.39 is 0 Å². The highest BCUT2D eigenvalue weighted by Gasteiger charge is 2.04. The monoisotopic (exact) mass is 302 g/mol. The summed E-state index contributed by atoms with van der Waals surface area (Å²) in [7, 11) is 0. The maximum absolute atomic E-state index is 12.1. The molecule has 2 aromatic carbocycles. The number of rotatable bonds is 5. The summed E-state index contributed by atoms with van der Waals surface area (Å²) in [6.07, 6.45) is 1.56. The van der Waals surface area contributed by atoms with Gasteiger partial charge in [-0.25, -0.2) is 0 Å². The average Bonchev–Trinajstić information content (AvgIpc) is 2.51. The van der Waals surface area contributed by atoms with E-state index in [0.717, 1.165) is 23.4 Å². The summed E-state index contributed by atoms with van der Waals surface area (Å²) >= 11 is 5.82. The number of halogens is 1. The van der Waals surface area contributed by atoms with Gasteiger partial charge in [-0.2, -0.15) is 4.74 Å². The lowest BCUT2D eigenvalue weighted by molar-refractivity contribution is -0.354. The molecule has 110 valence electrons. The molecule has 2 aromatic rings. The molecule has 0 aliphatic carbocycles. The molecule has 0 atom stereocenters. The van der Waals surface area contributed by atoms with E-state index in [9.17, 15) is 5.21 Å². The number of hydrogen-bond acceptors (Lipinski definition) is 2. The van der Waals surface area contributed by atoms with Gasteiger partial charge in [-0.05, 0) is 50.2 Å². The molecule has 0 aromatic heterocycles. The lowest BCUT2D eigenvalue weighted by Gasteiger charge is -2.20. The summed E-state index contributed by atoms with van der Waals surface area (Å²) in [6, 6.07) is 14.8. The molecule has 0 saturated heterocycles. The Morgan fingerprint density at radius 3 is 2.10 bits per heavy atom. The fourth-order valence-electron chi connectivity index (χ4n) is 2.16. The topological polar surface area (TPSA) is 29.3 Å². The molecule has 0 aliphatic rings. The number of benzene rings is 2. The first kappa shape index (κ1) is 15.4. The summed E-state index contributed by atoms with van der Waals surface area (Å²) < 4.78 is 0.850. The van der Waals surface area contributed by atoms with Crippen molar-refractivity contribution in [3.8, 4) is 0 Å². The van der Waals surface area contributed by atoms with Crippen molar-refractivity contribution in [2.75, 3.05) is 18.0 Å². The molecular weight excluding hydrogens is 284 g/mol. The first-order valence-corrected chi connectivity index (χ1v) is 7.43. The first-order chi connectivity index (χ1) is 10.1. The molecule has 0 unspecified atom stereocenters. The number of hydrogen-bond donors (Lipinski definition) is 0. The van der Waals surface area contributed by atoms with E-state index in [2.05, 4.69) is 18.7 Å². The van der Waals surface area contributed by atoms with Crippen LogP contribution in [-0.4, -0.2) is 24.0 Å². The van der Waals surface area contributed by atoms with Gasteiger partial charge in [0.25, 0.3) is 0 Å². The maximum Gasteiger partial charge on any atom is 0.216 e. The fourth-order valence-corrected chi connectivity index (χ4v) is 2.28. The standard InChI is InChI=1S/C17H19ClN2O/c1-3-19(4-2)16-9-5-14(6-10-16)13-20(21)17-11-7-15(18)8-12-17/h5-13H,3-4H2,1-2H3. The van der Waals surface area contributed by atoms with Crippen molar-refractivity contribution >= 4 is 29.2 Å². The van der Waals surface area contributed by atoms with Gasteiger partial charge in [0.05, 0.1) is 0 Å². The SMILES string of the molecule is CCN(CC)c1ccc(C=[N+]([O-])c2ccc(Cl)cc2)cc1. The molecule has 0 amide bonds. The van der Waals surface area contributed by atoms with E-state index >= 15 is 0 Å². The lowest BCUT2D eigenvalue weighted by atomic mass is 10.2. The minimum absolute atomic E-state index is 0.562. The van der Waals surface area contributed by atoms with Gasteiger partial charge in [0.2, 0.25) is 5.69 Å². The Hall–Kier alpha value is -2.00. The van der Waals surface area contributed by atoms with Crippen molar-refractivity contribution in [1.82, 2.24) is 0 Å². The van der Waals surface area contributed by atoms with E-state index in [1.807, 2.05) is 24.3 Å². The second-order valence-electron chi connectivity index (χ2n) is 4.70. The number of nitrogens with zero attached hydrogens (tertiary/aromatic N) is 2. The molecule has 21 heavy (non-hydrogen) atoms. The smallest absolute Gasteiger partial charge is 0.216 e. The zero-order chi connectivity index (χ0) is 15.2. The van der Waals surface area contributed by atoms with Gasteiger partial charge in [0, 0.05) is 41.5 Å². The lowest BCUT2D eigenvalue weighted by Crippen LogP contribution is -2.21. The normalized spacial score (nSPS) is 11.5. The summed E-state index contributed by atoms with van der Waals surface area (Å²) in [4.78, 5) is 2.26. The van der Waals surface area contributed by atoms with E-state index in [-0.39, 0.29) is 0 Å². The van der Waals surface area contributed by atoms with Crippen LogP contribution in [0.25, 0.3) is 0 Å². The third-order valence-electron chi connectivity index (χ3n) is 3.37. The van der Waals surface area contributed by atoms with Crippen LogP contribution in [0.2, 0.25) is 5.02 Å². The van der Waals surface area contributed by atoms with Gasteiger partial charge in [0.1, 0.15) is 0 Å². The minimum Gasteiger partial charge on any atom is -0.618 e. The summed E-state index contributed by atoms with van der Waals surface area (Å²) in [5.41, 5.74) is 2.60. The molecular formula is C17H19ClN2O. The quantitative estimate of drug-likeness (QED) is 0.353. The van der Waals surface area contributed by atoms with Crippen LogP contribution in [0.5, 0.6) is 0 Å². The molecule has 0 saturated carbocycles. The Morgan fingerprint density at radius 2 is 1.57 bits per heavy atom. The van der Waals surface area contributed by atoms with Gasteiger partial charge in [-0.3, -0.25) is 0 Å². The zero-order valence-corrected chi connectivity index (χ0v) is 13.0. The molecule has 0 bridgehead atoms. The van der Waals surface area contributed by atoms with Gasteiger partial charge < -0.3 is 10.1 Å². The highest BCUT2D eigenvalue weighted by molar-refractivity contribution is 6.30. The summed E-state index contributed by atoms with van der Waals surface area (Å²) in [5, 5.41) is 12.7. The molecule has 0 radical (unpaired) electrons. The Kier molecular flexibility index (Phi) is 5.23. The van der Waals surface area contributed by atoms with Crippen molar-refractivity contribution in [3.05, 3.63) is 64.3 Å². The molecule has 4 heteroatoms. The predicted molar refractivity (Wildman–Crippen MR) is 89.9 cm³/mol. The van der Waals surface area contributed by atoms with Gasteiger partial charge >= 0.3 is 0 Å². The summed E-state index contributed by atoms with van der Waals surface area (Å²) in [6.45, 7) is 6.20. The van der Waals surface area contributed by atoms with E-state index in [1.54, 1.807) is 30.5 Å². The molecule has 2 rings (SSSR count). The van der Waals surface area contributed by atoms with Crippen LogP contribution in [0.15, 0.2) is 48.5 Å². The molecule has 3 nitrogen and oxygen atoms in total. The van der Waals surface area contributed by atoms with E-state index in [4.69, 9.17) is 11.6 Å². The third-order valence-corrected chi connectivity index (χ3v) is 3.62. The van der Waals surface area contributed by atoms with E-state index in [1.165, 1.54) is 5.69 Å². The zero-order valence-electron chi connectivity index (χ0n) is 12.3. The Labute approximate surface area is 130 Å². The van der Waals surface area contributed by atoms with Crippen LogP contribution in [0.3, 0.4) is 0 Å². The van der Waals surface area contributed by atoms with Gasteiger partial charge in [-0.15, -0.1) is 0 Å².